The number of carbonyl (C=O) groups is 1. The van der Waals surface area contributed by atoms with E-state index in [2.05, 4.69) is 10.4 Å². The van der Waals surface area contributed by atoms with Crippen LogP contribution in [0, 0.1) is 6.92 Å². The Balaban J connectivity index is 1.82. The minimum Gasteiger partial charge on any atom is -0.495 e. The highest BCUT2D eigenvalue weighted by Gasteiger charge is 2.19. The van der Waals surface area contributed by atoms with E-state index in [-0.39, 0.29) is 17.6 Å². The summed E-state index contributed by atoms with van der Waals surface area (Å²) in [4.78, 5) is 39.2. The molecule has 0 aliphatic carbocycles. The number of nitrogens with one attached hydrogen (secondary N) is 1. The van der Waals surface area contributed by atoms with Crippen molar-refractivity contribution >= 4 is 22.6 Å². The van der Waals surface area contributed by atoms with Gasteiger partial charge in [0.05, 0.1) is 30.2 Å². The third-order valence-electron chi connectivity index (χ3n) is 5.01. The van der Waals surface area contributed by atoms with Crippen LogP contribution in [0.25, 0.3) is 16.7 Å². The summed E-state index contributed by atoms with van der Waals surface area (Å²) in [6, 6.07) is 14.0. The number of amides is 1. The van der Waals surface area contributed by atoms with Gasteiger partial charge in [-0.25, -0.2) is 9.36 Å². The summed E-state index contributed by atoms with van der Waals surface area (Å²) in [5, 5.41) is 6.87. The predicted octanol–water partition coefficient (Wildman–Crippen LogP) is 1.84. The van der Waals surface area contributed by atoms with E-state index in [1.807, 2.05) is 19.1 Å². The van der Waals surface area contributed by atoms with Gasteiger partial charge >= 0.3 is 5.69 Å². The Labute approximate surface area is 177 Å². The summed E-state index contributed by atoms with van der Waals surface area (Å²) >= 11 is 0. The fourth-order valence-electron chi connectivity index (χ4n) is 3.44. The molecule has 2 heterocycles. The lowest BCUT2D eigenvalue weighted by Gasteiger charge is -2.14. The number of benzene rings is 2. The van der Waals surface area contributed by atoms with Gasteiger partial charge in [-0.2, -0.15) is 5.10 Å². The molecule has 4 rings (SSSR count). The summed E-state index contributed by atoms with van der Waals surface area (Å²) in [7, 11) is 3.12. The molecule has 0 spiro atoms. The Morgan fingerprint density at radius 2 is 1.81 bits per heavy atom. The summed E-state index contributed by atoms with van der Waals surface area (Å²) in [6.07, 6.45) is 1.41. The minimum atomic E-state index is -0.621. The largest absolute Gasteiger partial charge is 0.495 e. The molecule has 1 amide bonds. The molecule has 0 bridgehead atoms. The third kappa shape index (κ3) is 3.61. The summed E-state index contributed by atoms with van der Waals surface area (Å²) in [6.45, 7) is 1.61. The van der Waals surface area contributed by atoms with Gasteiger partial charge in [0.2, 0.25) is 5.91 Å². The molecule has 0 radical (unpaired) electrons. The zero-order valence-corrected chi connectivity index (χ0v) is 17.3. The second-order valence-corrected chi connectivity index (χ2v) is 7.10. The Morgan fingerprint density at radius 1 is 1.10 bits per heavy atom. The fraction of sp³-hybridized carbons (Fsp3) is 0.182. The van der Waals surface area contributed by atoms with Gasteiger partial charge in [0, 0.05) is 7.05 Å². The van der Waals surface area contributed by atoms with E-state index in [0.717, 1.165) is 10.1 Å². The van der Waals surface area contributed by atoms with Crippen LogP contribution in [0.1, 0.15) is 5.56 Å². The first-order valence-corrected chi connectivity index (χ1v) is 9.58. The van der Waals surface area contributed by atoms with Gasteiger partial charge in [0.25, 0.3) is 5.56 Å². The lowest BCUT2D eigenvalue weighted by atomic mass is 10.2. The lowest BCUT2D eigenvalue weighted by Crippen LogP contribution is -2.41. The molecule has 31 heavy (non-hydrogen) atoms. The van der Waals surface area contributed by atoms with Crippen LogP contribution in [0.3, 0.4) is 0 Å². The standard InChI is InChI=1S/C22H21N5O4/c1-14-8-10-15(11-9-14)27-21(29)20-17(12-23-25(20)2)26(22(27)30)13-19(28)24-16-6-4-5-7-18(16)31-3/h4-12H,13H2,1-3H3,(H,24,28). The molecule has 0 aliphatic rings. The number of hydrogen-bond donors (Lipinski definition) is 1. The maximum atomic E-state index is 13.3. The van der Waals surface area contributed by atoms with Crippen molar-refractivity contribution in [3.8, 4) is 11.4 Å². The topological polar surface area (TPSA) is 100 Å². The monoisotopic (exact) mass is 419 g/mol. The van der Waals surface area contributed by atoms with Crippen LogP contribution in [0.2, 0.25) is 0 Å². The molecule has 0 saturated heterocycles. The molecule has 158 valence electrons. The van der Waals surface area contributed by atoms with Crippen molar-refractivity contribution in [3.63, 3.8) is 0 Å². The number of hydrogen-bond acceptors (Lipinski definition) is 5. The minimum absolute atomic E-state index is 0.227. The van der Waals surface area contributed by atoms with Crippen molar-refractivity contribution < 1.29 is 9.53 Å². The number of aryl methyl sites for hydroxylation is 2. The molecule has 0 fully saturated rings. The summed E-state index contributed by atoms with van der Waals surface area (Å²) in [5.74, 6) is 0.0604. The number of carbonyl (C=O) groups excluding carboxylic acids is 1. The smallest absolute Gasteiger partial charge is 0.336 e. The summed E-state index contributed by atoms with van der Waals surface area (Å²) < 4.78 is 8.95. The first-order chi connectivity index (χ1) is 14.9. The average molecular weight is 419 g/mol. The second kappa shape index (κ2) is 7.94. The molecule has 0 saturated carbocycles. The highest BCUT2D eigenvalue weighted by atomic mass is 16.5. The van der Waals surface area contributed by atoms with Crippen molar-refractivity contribution in [2.24, 2.45) is 7.05 Å². The number of fused-ring (bicyclic) bond motifs is 1. The van der Waals surface area contributed by atoms with Crippen molar-refractivity contribution in [1.29, 1.82) is 0 Å². The number of aromatic nitrogens is 4. The molecule has 1 N–H and O–H groups in total. The Kier molecular flexibility index (Phi) is 5.16. The number of methoxy groups -OCH3 is 1. The van der Waals surface area contributed by atoms with E-state index in [0.29, 0.717) is 17.1 Å². The number of para-hydroxylation sites is 2. The van der Waals surface area contributed by atoms with E-state index >= 15 is 0 Å². The van der Waals surface area contributed by atoms with E-state index in [9.17, 15) is 14.4 Å². The van der Waals surface area contributed by atoms with Crippen LogP contribution in [-0.4, -0.2) is 31.9 Å². The SMILES string of the molecule is COc1ccccc1NC(=O)Cn1c(=O)n(-c2ccc(C)cc2)c(=O)c2c1cnn2C. The van der Waals surface area contributed by atoms with Crippen LogP contribution in [0.15, 0.2) is 64.3 Å². The molecule has 9 heteroatoms. The molecular weight excluding hydrogens is 398 g/mol. The van der Waals surface area contributed by atoms with Gasteiger partial charge in [-0.1, -0.05) is 29.8 Å². The molecule has 2 aromatic heterocycles. The number of anilines is 1. The van der Waals surface area contributed by atoms with Gasteiger partial charge < -0.3 is 10.1 Å². The number of nitrogens with zero attached hydrogens (tertiary/aromatic N) is 4. The second-order valence-electron chi connectivity index (χ2n) is 7.10. The van der Waals surface area contributed by atoms with Crippen LogP contribution < -0.4 is 21.3 Å². The first-order valence-electron chi connectivity index (χ1n) is 9.58. The maximum Gasteiger partial charge on any atom is 0.336 e. The Morgan fingerprint density at radius 3 is 2.52 bits per heavy atom. The van der Waals surface area contributed by atoms with Gasteiger partial charge in [0.15, 0.2) is 5.52 Å². The molecule has 0 atom stereocenters. The lowest BCUT2D eigenvalue weighted by molar-refractivity contribution is -0.116. The Hall–Kier alpha value is -4.14. The van der Waals surface area contributed by atoms with Crippen molar-refractivity contribution in [2.75, 3.05) is 12.4 Å². The van der Waals surface area contributed by atoms with E-state index < -0.39 is 17.2 Å². The summed E-state index contributed by atoms with van der Waals surface area (Å²) in [5.41, 5.74) is 1.30. The van der Waals surface area contributed by atoms with Crippen LogP contribution in [0.4, 0.5) is 5.69 Å². The van der Waals surface area contributed by atoms with Crippen molar-refractivity contribution in [2.45, 2.75) is 13.5 Å². The van der Waals surface area contributed by atoms with Crippen molar-refractivity contribution in [1.82, 2.24) is 18.9 Å². The van der Waals surface area contributed by atoms with Crippen LogP contribution in [0.5, 0.6) is 5.75 Å². The fourth-order valence-corrected chi connectivity index (χ4v) is 3.44. The molecule has 4 aromatic rings. The van der Waals surface area contributed by atoms with E-state index in [4.69, 9.17) is 4.74 Å². The highest BCUT2D eigenvalue weighted by molar-refractivity contribution is 5.92. The number of rotatable bonds is 5. The Bertz CT molecular complexity index is 1400. The molecule has 0 aliphatic heterocycles. The van der Waals surface area contributed by atoms with Gasteiger partial charge in [-0.3, -0.25) is 18.8 Å². The van der Waals surface area contributed by atoms with Gasteiger partial charge in [-0.15, -0.1) is 0 Å². The third-order valence-corrected chi connectivity index (χ3v) is 5.01. The maximum absolute atomic E-state index is 13.3. The van der Waals surface area contributed by atoms with E-state index in [1.54, 1.807) is 43.4 Å². The van der Waals surface area contributed by atoms with Crippen LogP contribution >= 0.6 is 0 Å². The van der Waals surface area contributed by atoms with Crippen LogP contribution in [-0.2, 0) is 18.4 Å². The predicted molar refractivity (Wildman–Crippen MR) is 117 cm³/mol. The molecule has 0 unspecified atom stereocenters. The number of ether oxygens (including phenoxy) is 1. The normalized spacial score (nSPS) is 10.9. The average Bonchev–Trinajstić information content (AvgIpc) is 3.14. The molecular formula is C22H21N5O4. The quantitative estimate of drug-likeness (QED) is 0.532. The van der Waals surface area contributed by atoms with E-state index in [1.165, 1.54) is 22.6 Å². The molecule has 2 aromatic carbocycles. The van der Waals surface area contributed by atoms with Gasteiger partial charge in [-0.05, 0) is 31.2 Å². The highest BCUT2D eigenvalue weighted by Crippen LogP contribution is 2.23. The molecule has 9 nitrogen and oxygen atoms in total. The zero-order chi connectivity index (χ0) is 22.1. The van der Waals surface area contributed by atoms with Gasteiger partial charge in [0.1, 0.15) is 12.3 Å². The van der Waals surface area contributed by atoms with Crippen molar-refractivity contribution in [3.05, 3.63) is 81.1 Å². The zero-order valence-electron chi connectivity index (χ0n) is 17.3. The first kappa shape index (κ1) is 20.1.